The van der Waals surface area contributed by atoms with E-state index in [0.29, 0.717) is 0 Å². The van der Waals surface area contributed by atoms with Crippen LogP contribution in [0.3, 0.4) is 0 Å². The van der Waals surface area contributed by atoms with Crippen molar-refractivity contribution >= 4 is 33.4 Å². The number of rotatable bonds is 1. The van der Waals surface area contributed by atoms with E-state index in [1.807, 2.05) is 24.3 Å². The molecule has 3 heteroatoms. The Hall–Kier alpha value is -0.680. The average Bonchev–Trinajstić information content (AvgIpc) is 2.19. The van der Waals surface area contributed by atoms with Gasteiger partial charge in [0.05, 0.1) is 12.3 Å². The van der Waals surface area contributed by atoms with Gasteiger partial charge in [0.1, 0.15) is 0 Å². The molecule has 0 unspecified atom stereocenters. The summed E-state index contributed by atoms with van der Waals surface area (Å²) in [4.78, 5) is 4.17. The van der Waals surface area contributed by atoms with Crippen LogP contribution < -0.4 is 0 Å². The van der Waals surface area contributed by atoms with E-state index >= 15 is 0 Å². The van der Waals surface area contributed by atoms with E-state index in [-0.39, 0.29) is 6.61 Å². The number of hydrogen-bond acceptors (Lipinski definition) is 2. The lowest BCUT2D eigenvalue weighted by molar-refractivity contribution is 0.276. The van der Waals surface area contributed by atoms with E-state index < -0.39 is 0 Å². The number of aliphatic hydroxyl groups excluding tert-OH is 1. The van der Waals surface area contributed by atoms with Gasteiger partial charge in [0.15, 0.2) is 0 Å². The molecule has 0 amide bonds. The molecule has 0 radical (unpaired) electrons. The highest BCUT2D eigenvalue weighted by atomic mass is 127. The van der Waals surface area contributed by atoms with Crippen LogP contribution in [-0.2, 0) is 6.61 Å². The predicted octanol–water partition coefficient (Wildman–Crippen LogP) is 2.33. The average molecular weight is 285 g/mol. The monoisotopic (exact) mass is 285 g/mol. The van der Waals surface area contributed by atoms with Gasteiger partial charge in [-0.2, -0.15) is 0 Å². The van der Waals surface area contributed by atoms with Crippen molar-refractivity contribution in [1.29, 1.82) is 0 Å². The summed E-state index contributed by atoms with van der Waals surface area (Å²) in [6.07, 6.45) is 1.79. The second kappa shape index (κ2) is 3.59. The second-order valence-electron chi connectivity index (χ2n) is 2.76. The standard InChI is InChI=1S/C10H8INO/c11-10-8-4-2-1-3-7(8)5-12-9(10)6-13/h1-5,13H,6H2. The van der Waals surface area contributed by atoms with Gasteiger partial charge in [0.2, 0.25) is 0 Å². The van der Waals surface area contributed by atoms with Crippen LogP contribution in [0.2, 0.25) is 0 Å². The number of fused-ring (bicyclic) bond motifs is 1. The van der Waals surface area contributed by atoms with E-state index in [0.717, 1.165) is 20.0 Å². The van der Waals surface area contributed by atoms with E-state index in [4.69, 9.17) is 5.11 Å². The van der Waals surface area contributed by atoms with Gasteiger partial charge < -0.3 is 5.11 Å². The van der Waals surface area contributed by atoms with Gasteiger partial charge in [0, 0.05) is 15.2 Å². The summed E-state index contributed by atoms with van der Waals surface area (Å²) in [5.74, 6) is 0. The van der Waals surface area contributed by atoms with Gasteiger partial charge in [-0.15, -0.1) is 0 Å². The molecule has 0 aliphatic rings. The van der Waals surface area contributed by atoms with Crippen LogP contribution in [0.1, 0.15) is 5.69 Å². The highest BCUT2D eigenvalue weighted by molar-refractivity contribution is 14.1. The molecule has 1 heterocycles. The number of aromatic nitrogens is 1. The molecule has 0 saturated carbocycles. The number of aliphatic hydroxyl groups is 1. The van der Waals surface area contributed by atoms with Crippen molar-refractivity contribution in [2.75, 3.05) is 0 Å². The summed E-state index contributed by atoms with van der Waals surface area (Å²) in [5.41, 5.74) is 0.749. The summed E-state index contributed by atoms with van der Waals surface area (Å²) >= 11 is 2.22. The number of halogens is 1. The van der Waals surface area contributed by atoms with Gasteiger partial charge in [-0.3, -0.25) is 4.98 Å². The van der Waals surface area contributed by atoms with Crippen molar-refractivity contribution in [2.45, 2.75) is 6.61 Å². The number of hydrogen-bond donors (Lipinski definition) is 1. The van der Waals surface area contributed by atoms with Crippen molar-refractivity contribution in [1.82, 2.24) is 4.98 Å². The molecule has 2 nitrogen and oxygen atoms in total. The van der Waals surface area contributed by atoms with Gasteiger partial charge in [0.25, 0.3) is 0 Å². The molecule has 13 heavy (non-hydrogen) atoms. The molecule has 0 saturated heterocycles. The molecular formula is C10H8INO. The van der Waals surface area contributed by atoms with Crippen molar-refractivity contribution in [3.05, 3.63) is 39.7 Å². The SMILES string of the molecule is OCc1ncc2ccccc2c1I. The zero-order valence-electron chi connectivity index (χ0n) is 6.87. The molecule has 1 N–H and O–H groups in total. The molecule has 2 aromatic rings. The van der Waals surface area contributed by atoms with Gasteiger partial charge in [-0.1, -0.05) is 24.3 Å². The first-order chi connectivity index (χ1) is 6.33. The second-order valence-corrected chi connectivity index (χ2v) is 3.84. The zero-order chi connectivity index (χ0) is 9.26. The first-order valence-electron chi connectivity index (χ1n) is 3.96. The van der Waals surface area contributed by atoms with Crippen LogP contribution in [0.25, 0.3) is 10.8 Å². The topological polar surface area (TPSA) is 33.1 Å². The molecule has 66 valence electrons. The lowest BCUT2D eigenvalue weighted by Gasteiger charge is -2.03. The molecular weight excluding hydrogens is 277 g/mol. The first-order valence-corrected chi connectivity index (χ1v) is 5.04. The fourth-order valence-corrected chi connectivity index (χ4v) is 2.08. The number of benzene rings is 1. The van der Waals surface area contributed by atoms with Crippen molar-refractivity contribution in [2.24, 2.45) is 0 Å². The van der Waals surface area contributed by atoms with Crippen molar-refractivity contribution in [3.63, 3.8) is 0 Å². The van der Waals surface area contributed by atoms with Gasteiger partial charge >= 0.3 is 0 Å². The molecule has 0 bridgehead atoms. The summed E-state index contributed by atoms with van der Waals surface area (Å²) in [6, 6.07) is 8.04. The molecule has 0 fully saturated rings. The van der Waals surface area contributed by atoms with Crippen LogP contribution in [-0.4, -0.2) is 10.1 Å². The molecule has 0 aliphatic carbocycles. The normalized spacial score (nSPS) is 10.6. The fraction of sp³-hybridized carbons (Fsp3) is 0.100. The Morgan fingerprint density at radius 3 is 2.85 bits per heavy atom. The van der Waals surface area contributed by atoms with Crippen LogP contribution in [0, 0.1) is 3.57 Å². The summed E-state index contributed by atoms with van der Waals surface area (Å²) in [6.45, 7) is 0.00308. The predicted molar refractivity (Wildman–Crippen MR) is 60.4 cm³/mol. The minimum absolute atomic E-state index is 0.00308. The highest BCUT2D eigenvalue weighted by Gasteiger charge is 2.03. The van der Waals surface area contributed by atoms with Gasteiger partial charge in [-0.25, -0.2) is 0 Å². The molecule has 1 aromatic carbocycles. The van der Waals surface area contributed by atoms with Gasteiger partial charge in [-0.05, 0) is 28.0 Å². The molecule has 2 rings (SSSR count). The lowest BCUT2D eigenvalue weighted by Crippen LogP contribution is -1.93. The van der Waals surface area contributed by atoms with E-state index in [1.165, 1.54) is 0 Å². The maximum atomic E-state index is 9.01. The van der Waals surface area contributed by atoms with Crippen LogP contribution >= 0.6 is 22.6 Å². The minimum atomic E-state index is 0.00308. The Morgan fingerprint density at radius 1 is 1.31 bits per heavy atom. The quantitative estimate of drug-likeness (QED) is 0.816. The van der Waals surface area contributed by atoms with E-state index in [2.05, 4.69) is 27.6 Å². The Labute approximate surface area is 89.8 Å². The van der Waals surface area contributed by atoms with Crippen molar-refractivity contribution in [3.8, 4) is 0 Å². The maximum absolute atomic E-state index is 9.01. The van der Waals surface area contributed by atoms with Crippen molar-refractivity contribution < 1.29 is 5.11 Å². The third-order valence-corrected chi connectivity index (χ3v) is 3.16. The van der Waals surface area contributed by atoms with Crippen LogP contribution in [0.4, 0.5) is 0 Å². The zero-order valence-corrected chi connectivity index (χ0v) is 9.02. The lowest BCUT2D eigenvalue weighted by atomic mass is 10.1. The summed E-state index contributed by atoms with van der Waals surface area (Å²) < 4.78 is 1.04. The van der Waals surface area contributed by atoms with Crippen LogP contribution in [0.5, 0.6) is 0 Å². The van der Waals surface area contributed by atoms with E-state index in [9.17, 15) is 0 Å². The largest absolute Gasteiger partial charge is 0.390 e. The third kappa shape index (κ3) is 1.53. The summed E-state index contributed by atoms with van der Waals surface area (Å²) in [7, 11) is 0. The number of pyridine rings is 1. The highest BCUT2D eigenvalue weighted by Crippen LogP contribution is 2.21. The summed E-state index contributed by atoms with van der Waals surface area (Å²) in [5, 5.41) is 11.3. The fourth-order valence-electron chi connectivity index (χ4n) is 1.28. The third-order valence-electron chi connectivity index (χ3n) is 1.96. The first kappa shape index (κ1) is 8.90. The Balaban J connectivity index is 2.79. The van der Waals surface area contributed by atoms with E-state index in [1.54, 1.807) is 6.20 Å². The Kier molecular flexibility index (Phi) is 2.46. The maximum Gasteiger partial charge on any atom is 0.0863 e. The molecule has 0 spiro atoms. The Bertz CT molecular complexity index is 442. The Morgan fingerprint density at radius 2 is 2.08 bits per heavy atom. The molecule has 0 atom stereocenters. The minimum Gasteiger partial charge on any atom is -0.390 e. The van der Waals surface area contributed by atoms with Crippen LogP contribution in [0.15, 0.2) is 30.5 Å². The smallest absolute Gasteiger partial charge is 0.0863 e. The molecule has 1 aromatic heterocycles. The molecule has 0 aliphatic heterocycles. The number of nitrogens with zero attached hydrogens (tertiary/aromatic N) is 1.